The van der Waals surface area contributed by atoms with Crippen molar-refractivity contribution in [3.63, 3.8) is 0 Å². The number of benzene rings is 1. The second-order valence-corrected chi connectivity index (χ2v) is 3.82. The molecule has 0 radical (unpaired) electrons. The standard InChI is InChI=1S/C11H15NO2/c1-7-11(14)10-3-2-9(13)6-8(10)4-5-12-7/h2-3,6-7,11-14H,4-5H2,1H3/t7-,11-/m1/s1. The van der Waals surface area contributed by atoms with Crippen molar-refractivity contribution in [2.75, 3.05) is 6.54 Å². The number of nitrogens with one attached hydrogen (secondary N) is 1. The van der Waals surface area contributed by atoms with Gasteiger partial charge in [0.15, 0.2) is 0 Å². The Morgan fingerprint density at radius 1 is 1.43 bits per heavy atom. The summed E-state index contributed by atoms with van der Waals surface area (Å²) in [5.41, 5.74) is 1.97. The van der Waals surface area contributed by atoms with E-state index in [0.29, 0.717) is 0 Å². The third kappa shape index (κ3) is 1.61. The van der Waals surface area contributed by atoms with Gasteiger partial charge in [-0.15, -0.1) is 0 Å². The summed E-state index contributed by atoms with van der Waals surface area (Å²) >= 11 is 0. The van der Waals surface area contributed by atoms with Crippen LogP contribution in [-0.2, 0) is 6.42 Å². The lowest BCUT2D eigenvalue weighted by atomic mass is 9.98. The van der Waals surface area contributed by atoms with Gasteiger partial charge in [0.05, 0.1) is 6.10 Å². The van der Waals surface area contributed by atoms with Crippen LogP contribution in [-0.4, -0.2) is 22.8 Å². The average molecular weight is 193 g/mol. The van der Waals surface area contributed by atoms with Gasteiger partial charge in [0.2, 0.25) is 0 Å². The summed E-state index contributed by atoms with van der Waals surface area (Å²) in [6.45, 7) is 2.81. The monoisotopic (exact) mass is 193 g/mol. The van der Waals surface area contributed by atoms with E-state index in [0.717, 1.165) is 24.1 Å². The van der Waals surface area contributed by atoms with Gasteiger partial charge in [-0.1, -0.05) is 6.07 Å². The van der Waals surface area contributed by atoms with Crippen molar-refractivity contribution < 1.29 is 10.2 Å². The maximum Gasteiger partial charge on any atom is 0.115 e. The van der Waals surface area contributed by atoms with Crippen molar-refractivity contribution in [2.24, 2.45) is 0 Å². The second-order valence-electron chi connectivity index (χ2n) is 3.82. The number of aliphatic hydroxyl groups excluding tert-OH is 1. The molecule has 0 saturated heterocycles. The Balaban J connectivity index is 2.43. The highest BCUT2D eigenvalue weighted by molar-refractivity contribution is 5.37. The molecule has 76 valence electrons. The summed E-state index contributed by atoms with van der Waals surface area (Å²) in [5.74, 6) is 0.269. The van der Waals surface area contributed by atoms with Crippen LogP contribution in [0.4, 0.5) is 0 Å². The Kier molecular flexibility index (Phi) is 2.44. The van der Waals surface area contributed by atoms with Crippen LogP contribution in [0.15, 0.2) is 18.2 Å². The number of aromatic hydroxyl groups is 1. The zero-order valence-corrected chi connectivity index (χ0v) is 8.20. The fourth-order valence-corrected chi connectivity index (χ4v) is 1.91. The molecule has 0 bridgehead atoms. The fraction of sp³-hybridized carbons (Fsp3) is 0.455. The third-order valence-electron chi connectivity index (χ3n) is 2.78. The quantitative estimate of drug-likeness (QED) is 0.575. The van der Waals surface area contributed by atoms with Gasteiger partial charge in [0, 0.05) is 6.04 Å². The lowest BCUT2D eigenvalue weighted by Gasteiger charge is -2.18. The van der Waals surface area contributed by atoms with Gasteiger partial charge in [0.25, 0.3) is 0 Å². The zero-order chi connectivity index (χ0) is 10.1. The van der Waals surface area contributed by atoms with Gasteiger partial charge in [-0.05, 0) is 43.1 Å². The van der Waals surface area contributed by atoms with Crippen LogP contribution in [0, 0.1) is 0 Å². The van der Waals surface area contributed by atoms with Crippen molar-refractivity contribution in [3.05, 3.63) is 29.3 Å². The highest BCUT2D eigenvalue weighted by Crippen LogP contribution is 2.26. The molecule has 14 heavy (non-hydrogen) atoms. The van der Waals surface area contributed by atoms with Gasteiger partial charge >= 0.3 is 0 Å². The van der Waals surface area contributed by atoms with Crippen molar-refractivity contribution in [2.45, 2.75) is 25.5 Å². The molecular weight excluding hydrogens is 178 g/mol. The van der Waals surface area contributed by atoms with Gasteiger partial charge < -0.3 is 15.5 Å². The zero-order valence-electron chi connectivity index (χ0n) is 8.20. The predicted molar refractivity (Wildman–Crippen MR) is 54.2 cm³/mol. The van der Waals surface area contributed by atoms with Crippen molar-refractivity contribution >= 4 is 0 Å². The lowest BCUT2D eigenvalue weighted by Crippen LogP contribution is -2.30. The molecule has 0 aliphatic carbocycles. The first-order chi connectivity index (χ1) is 6.68. The molecule has 1 aromatic carbocycles. The molecule has 2 atom stereocenters. The Labute approximate surface area is 83.4 Å². The van der Waals surface area contributed by atoms with Gasteiger partial charge in [-0.3, -0.25) is 0 Å². The molecule has 1 aromatic rings. The molecule has 0 fully saturated rings. The Hall–Kier alpha value is -1.06. The molecule has 1 aliphatic heterocycles. The van der Waals surface area contributed by atoms with Crippen LogP contribution < -0.4 is 5.32 Å². The Bertz CT molecular complexity index is 338. The van der Waals surface area contributed by atoms with Crippen LogP contribution in [0.5, 0.6) is 5.75 Å². The van der Waals surface area contributed by atoms with Gasteiger partial charge in [-0.25, -0.2) is 0 Å². The van der Waals surface area contributed by atoms with Crippen LogP contribution in [0.3, 0.4) is 0 Å². The number of hydrogen-bond donors (Lipinski definition) is 3. The van der Waals surface area contributed by atoms with Crippen molar-refractivity contribution in [3.8, 4) is 5.75 Å². The maximum absolute atomic E-state index is 9.96. The smallest absolute Gasteiger partial charge is 0.115 e. The minimum Gasteiger partial charge on any atom is -0.508 e. The number of aliphatic hydroxyl groups is 1. The molecular formula is C11H15NO2. The van der Waals surface area contributed by atoms with E-state index in [1.54, 1.807) is 18.2 Å². The molecule has 3 N–H and O–H groups in total. The summed E-state index contributed by atoms with van der Waals surface area (Å²) in [7, 11) is 0. The first kappa shape index (κ1) is 9.49. The van der Waals surface area contributed by atoms with E-state index in [-0.39, 0.29) is 11.8 Å². The van der Waals surface area contributed by atoms with E-state index in [1.807, 2.05) is 6.92 Å². The highest BCUT2D eigenvalue weighted by atomic mass is 16.3. The summed E-state index contributed by atoms with van der Waals surface area (Å²) in [4.78, 5) is 0. The molecule has 0 amide bonds. The second kappa shape index (κ2) is 3.59. The summed E-state index contributed by atoms with van der Waals surface area (Å²) in [6.07, 6.45) is 0.374. The Morgan fingerprint density at radius 3 is 3.00 bits per heavy atom. The Morgan fingerprint density at radius 2 is 2.21 bits per heavy atom. The van der Waals surface area contributed by atoms with E-state index in [1.165, 1.54) is 0 Å². The molecule has 0 saturated carbocycles. The molecule has 3 heteroatoms. The summed E-state index contributed by atoms with van der Waals surface area (Å²) in [5, 5.41) is 22.5. The molecule has 1 heterocycles. The van der Waals surface area contributed by atoms with Crippen LogP contribution in [0.1, 0.15) is 24.2 Å². The SMILES string of the molecule is C[C@H]1NCCc2cc(O)ccc2[C@@H]1O. The normalized spacial score (nSPS) is 26.7. The summed E-state index contributed by atoms with van der Waals surface area (Å²) < 4.78 is 0. The van der Waals surface area contributed by atoms with E-state index in [9.17, 15) is 10.2 Å². The summed E-state index contributed by atoms with van der Waals surface area (Å²) in [6, 6.07) is 5.23. The first-order valence-corrected chi connectivity index (χ1v) is 4.91. The molecule has 1 aliphatic rings. The largest absolute Gasteiger partial charge is 0.508 e. The maximum atomic E-state index is 9.96. The number of hydrogen-bond acceptors (Lipinski definition) is 3. The van der Waals surface area contributed by atoms with Crippen molar-refractivity contribution in [1.82, 2.24) is 5.32 Å². The van der Waals surface area contributed by atoms with E-state index in [4.69, 9.17) is 0 Å². The minimum atomic E-state index is -0.479. The number of rotatable bonds is 0. The number of fused-ring (bicyclic) bond motifs is 1. The van der Waals surface area contributed by atoms with Gasteiger partial charge in [-0.2, -0.15) is 0 Å². The van der Waals surface area contributed by atoms with Crippen LogP contribution in [0.2, 0.25) is 0 Å². The van der Waals surface area contributed by atoms with Crippen LogP contribution in [0.25, 0.3) is 0 Å². The van der Waals surface area contributed by atoms with Crippen molar-refractivity contribution in [1.29, 1.82) is 0 Å². The molecule has 2 rings (SSSR count). The lowest BCUT2D eigenvalue weighted by molar-refractivity contribution is 0.140. The van der Waals surface area contributed by atoms with Gasteiger partial charge in [0.1, 0.15) is 5.75 Å². The molecule has 3 nitrogen and oxygen atoms in total. The minimum absolute atomic E-state index is 0.0702. The first-order valence-electron chi connectivity index (χ1n) is 4.91. The molecule has 0 aromatic heterocycles. The van der Waals surface area contributed by atoms with Crippen LogP contribution >= 0.6 is 0 Å². The fourth-order valence-electron chi connectivity index (χ4n) is 1.91. The van der Waals surface area contributed by atoms with E-state index in [2.05, 4.69) is 5.32 Å². The topological polar surface area (TPSA) is 52.5 Å². The van der Waals surface area contributed by atoms with E-state index >= 15 is 0 Å². The number of phenols is 1. The van der Waals surface area contributed by atoms with E-state index < -0.39 is 6.10 Å². The highest BCUT2D eigenvalue weighted by Gasteiger charge is 2.22. The predicted octanol–water partition coefficient (Wildman–Crippen LogP) is 0.960. The molecule has 0 unspecified atom stereocenters. The molecule has 0 spiro atoms. The third-order valence-corrected chi connectivity index (χ3v) is 2.78. The number of phenolic OH excluding ortho intramolecular Hbond substituents is 1. The average Bonchev–Trinajstić information content (AvgIpc) is 2.28.